The van der Waals surface area contributed by atoms with Crippen molar-refractivity contribution in [1.82, 2.24) is 5.32 Å². The summed E-state index contributed by atoms with van der Waals surface area (Å²) >= 11 is 0. The Morgan fingerprint density at radius 1 is 1.29 bits per heavy atom. The van der Waals surface area contributed by atoms with Crippen molar-refractivity contribution in [3.05, 3.63) is 11.6 Å². The second-order valence-corrected chi connectivity index (χ2v) is 4.49. The Kier molecular flexibility index (Phi) is 6.37. The van der Waals surface area contributed by atoms with E-state index in [1.54, 1.807) is 0 Å². The van der Waals surface area contributed by atoms with Crippen molar-refractivity contribution in [2.45, 2.75) is 51.4 Å². The molecule has 0 saturated heterocycles. The molecule has 0 fully saturated rings. The van der Waals surface area contributed by atoms with Crippen molar-refractivity contribution in [3.63, 3.8) is 0 Å². The van der Waals surface area contributed by atoms with Crippen molar-refractivity contribution < 1.29 is 14.7 Å². The molecule has 0 atom stereocenters. The number of unbranched alkanes of at least 4 members (excludes halogenated alkanes) is 1. The van der Waals surface area contributed by atoms with E-state index in [4.69, 9.17) is 5.11 Å². The minimum atomic E-state index is -0.774. The number of carbonyl (C=O) groups is 2. The molecule has 0 spiro atoms. The molecule has 96 valence electrons. The summed E-state index contributed by atoms with van der Waals surface area (Å²) in [5, 5.41) is 11.3. The van der Waals surface area contributed by atoms with Crippen molar-refractivity contribution >= 4 is 11.9 Å². The van der Waals surface area contributed by atoms with Crippen LogP contribution in [0.3, 0.4) is 0 Å². The number of hydrogen-bond acceptors (Lipinski definition) is 2. The summed E-state index contributed by atoms with van der Waals surface area (Å²) in [4.78, 5) is 21.8. The maximum Gasteiger partial charge on any atom is 0.303 e. The van der Waals surface area contributed by atoms with Crippen LogP contribution < -0.4 is 5.32 Å². The Hall–Kier alpha value is -1.32. The zero-order valence-corrected chi connectivity index (χ0v) is 10.2. The van der Waals surface area contributed by atoms with Crippen LogP contribution in [-0.4, -0.2) is 23.5 Å². The summed E-state index contributed by atoms with van der Waals surface area (Å²) < 4.78 is 0. The monoisotopic (exact) mass is 239 g/mol. The first-order chi connectivity index (χ1) is 8.18. The molecule has 4 heteroatoms. The number of aliphatic carboxylic acids is 1. The number of carboxylic acid groups (broad SMARTS) is 1. The van der Waals surface area contributed by atoms with Gasteiger partial charge in [-0.05, 0) is 38.5 Å². The lowest BCUT2D eigenvalue weighted by Crippen LogP contribution is -2.24. The van der Waals surface area contributed by atoms with E-state index in [1.807, 2.05) is 0 Å². The van der Waals surface area contributed by atoms with E-state index in [0.717, 1.165) is 19.3 Å². The third-order valence-corrected chi connectivity index (χ3v) is 2.91. The minimum Gasteiger partial charge on any atom is -0.481 e. The average molecular weight is 239 g/mol. The summed E-state index contributed by atoms with van der Waals surface area (Å²) in [6, 6.07) is 0. The lowest BCUT2D eigenvalue weighted by Gasteiger charge is -2.12. The van der Waals surface area contributed by atoms with Crippen LogP contribution in [0.4, 0.5) is 0 Å². The van der Waals surface area contributed by atoms with Gasteiger partial charge in [0.25, 0.3) is 0 Å². The maximum atomic E-state index is 11.5. The molecule has 0 bridgehead atoms. The Morgan fingerprint density at radius 3 is 2.76 bits per heavy atom. The van der Waals surface area contributed by atoms with E-state index >= 15 is 0 Å². The fraction of sp³-hybridized carbons (Fsp3) is 0.692. The van der Waals surface area contributed by atoms with Crippen LogP contribution in [0.25, 0.3) is 0 Å². The Morgan fingerprint density at radius 2 is 2.12 bits per heavy atom. The van der Waals surface area contributed by atoms with Crippen LogP contribution in [0.1, 0.15) is 51.4 Å². The van der Waals surface area contributed by atoms with Crippen molar-refractivity contribution in [2.24, 2.45) is 0 Å². The third kappa shape index (κ3) is 6.76. The zero-order chi connectivity index (χ0) is 12.5. The summed E-state index contributed by atoms with van der Waals surface area (Å²) in [5.74, 6) is -0.711. The Balaban J connectivity index is 2.04. The molecule has 4 nitrogen and oxygen atoms in total. The zero-order valence-electron chi connectivity index (χ0n) is 10.2. The number of hydrogen-bond donors (Lipinski definition) is 2. The van der Waals surface area contributed by atoms with Gasteiger partial charge in [-0.3, -0.25) is 9.59 Å². The van der Waals surface area contributed by atoms with Gasteiger partial charge in [0, 0.05) is 19.4 Å². The largest absolute Gasteiger partial charge is 0.481 e. The Labute approximate surface area is 102 Å². The standard InChI is InChI=1S/C13H21NO3/c15-12(10-11-6-2-1-3-7-11)14-9-5-4-8-13(16)17/h6H,1-5,7-10H2,(H,14,15)(H,16,17). The summed E-state index contributed by atoms with van der Waals surface area (Å²) in [7, 11) is 0. The average Bonchev–Trinajstić information content (AvgIpc) is 2.29. The molecule has 2 N–H and O–H groups in total. The second-order valence-electron chi connectivity index (χ2n) is 4.49. The highest BCUT2D eigenvalue weighted by Gasteiger charge is 2.08. The molecule has 1 aliphatic carbocycles. The first-order valence-corrected chi connectivity index (χ1v) is 6.35. The van der Waals surface area contributed by atoms with Crippen molar-refractivity contribution in [3.8, 4) is 0 Å². The van der Waals surface area contributed by atoms with E-state index in [1.165, 1.54) is 18.4 Å². The highest BCUT2D eigenvalue weighted by molar-refractivity contribution is 5.78. The molecule has 0 radical (unpaired) electrons. The van der Waals surface area contributed by atoms with Gasteiger partial charge in [0.2, 0.25) is 5.91 Å². The molecule has 0 aromatic heterocycles. The fourth-order valence-electron chi connectivity index (χ4n) is 1.96. The lowest BCUT2D eigenvalue weighted by atomic mass is 9.97. The number of allylic oxidation sites excluding steroid dienone is 1. The number of carboxylic acids is 1. The van der Waals surface area contributed by atoms with E-state index in [9.17, 15) is 9.59 Å². The first kappa shape index (κ1) is 13.7. The summed E-state index contributed by atoms with van der Waals surface area (Å²) in [5.41, 5.74) is 1.25. The number of amides is 1. The van der Waals surface area contributed by atoms with Crippen LogP contribution >= 0.6 is 0 Å². The second kappa shape index (κ2) is 7.87. The topological polar surface area (TPSA) is 66.4 Å². The van der Waals surface area contributed by atoms with Gasteiger partial charge in [-0.2, -0.15) is 0 Å². The van der Waals surface area contributed by atoms with E-state index in [-0.39, 0.29) is 12.3 Å². The van der Waals surface area contributed by atoms with Crippen LogP contribution in [0.5, 0.6) is 0 Å². The van der Waals surface area contributed by atoms with Crippen LogP contribution in [0.2, 0.25) is 0 Å². The SMILES string of the molecule is O=C(O)CCCCNC(=O)CC1=CCCCC1. The molecule has 1 rings (SSSR count). The van der Waals surface area contributed by atoms with Crippen LogP contribution in [0, 0.1) is 0 Å². The number of nitrogens with one attached hydrogen (secondary N) is 1. The summed E-state index contributed by atoms with van der Waals surface area (Å²) in [6.07, 6.45) is 8.80. The van der Waals surface area contributed by atoms with E-state index in [0.29, 0.717) is 19.4 Å². The van der Waals surface area contributed by atoms with E-state index < -0.39 is 5.97 Å². The Bertz CT molecular complexity index is 297. The number of rotatable bonds is 7. The molecule has 0 saturated carbocycles. The van der Waals surface area contributed by atoms with Crippen molar-refractivity contribution in [1.29, 1.82) is 0 Å². The lowest BCUT2D eigenvalue weighted by molar-refractivity contribution is -0.137. The van der Waals surface area contributed by atoms with Gasteiger partial charge in [-0.1, -0.05) is 11.6 Å². The van der Waals surface area contributed by atoms with Gasteiger partial charge >= 0.3 is 5.97 Å². The van der Waals surface area contributed by atoms with Gasteiger partial charge in [0.15, 0.2) is 0 Å². The highest BCUT2D eigenvalue weighted by atomic mass is 16.4. The molecule has 0 aromatic carbocycles. The van der Waals surface area contributed by atoms with Gasteiger partial charge in [0.05, 0.1) is 0 Å². The quantitative estimate of drug-likeness (QED) is 0.529. The number of carbonyl (C=O) groups excluding carboxylic acids is 1. The van der Waals surface area contributed by atoms with Crippen molar-refractivity contribution in [2.75, 3.05) is 6.54 Å². The third-order valence-electron chi connectivity index (χ3n) is 2.91. The van der Waals surface area contributed by atoms with Crippen LogP contribution in [-0.2, 0) is 9.59 Å². The molecule has 0 heterocycles. The first-order valence-electron chi connectivity index (χ1n) is 6.35. The van der Waals surface area contributed by atoms with E-state index in [2.05, 4.69) is 11.4 Å². The molecule has 0 aromatic rings. The molecule has 17 heavy (non-hydrogen) atoms. The van der Waals surface area contributed by atoms with Gasteiger partial charge in [-0.25, -0.2) is 0 Å². The summed E-state index contributed by atoms with van der Waals surface area (Å²) in [6.45, 7) is 0.583. The maximum absolute atomic E-state index is 11.5. The minimum absolute atomic E-state index is 0.0634. The molecule has 0 unspecified atom stereocenters. The van der Waals surface area contributed by atoms with Gasteiger partial charge in [0.1, 0.15) is 0 Å². The predicted octanol–water partition coefficient (Wildman–Crippen LogP) is 2.25. The molecular formula is C13H21NO3. The fourth-order valence-corrected chi connectivity index (χ4v) is 1.96. The smallest absolute Gasteiger partial charge is 0.303 e. The van der Waals surface area contributed by atoms with Gasteiger partial charge in [-0.15, -0.1) is 0 Å². The normalized spacial score (nSPS) is 15.2. The predicted molar refractivity (Wildman–Crippen MR) is 65.7 cm³/mol. The molecular weight excluding hydrogens is 218 g/mol. The molecule has 1 aliphatic rings. The molecule has 0 aliphatic heterocycles. The highest BCUT2D eigenvalue weighted by Crippen LogP contribution is 2.19. The van der Waals surface area contributed by atoms with Crippen LogP contribution in [0.15, 0.2) is 11.6 Å². The van der Waals surface area contributed by atoms with Gasteiger partial charge < -0.3 is 10.4 Å². The molecule has 1 amide bonds.